The molecule has 118 valence electrons. The monoisotopic (exact) mass is 316 g/mol. The normalized spacial score (nSPS) is 11.5. The Balaban J connectivity index is 2.60. The Kier molecular flexibility index (Phi) is 4.20. The Bertz CT molecular complexity index is 707. The Morgan fingerprint density at radius 1 is 1.36 bits per heavy atom. The molecule has 0 aliphatic carbocycles. The summed E-state index contributed by atoms with van der Waals surface area (Å²) in [6, 6.07) is 3.74. The highest BCUT2D eigenvalue weighted by Gasteiger charge is 2.36. The molecule has 4 nitrogen and oxygen atoms in total. The molecule has 1 aromatic carbocycles. The van der Waals surface area contributed by atoms with Gasteiger partial charge in [-0.3, -0.25) is 4.68 Å². The predicted octanol–water partition coefficient (Wildman–Crippen LogP) is 3.42. The molecular weight excluding hydrogens is 304 g/mol. The van der Waals surface area contributed by atoms with Crippen molar-refractivity contribution in [1.82, 2.24) is 9.78 Å². The quantitative estimate of drug-likeness (QED) is 0.644. The van der Waals surface area contributed by atoms with Gasteiger partial charge in [0.25, 0.3) is 0 Å². The number of halogens is 4. The third-order valence-electron chi connectivity index (χ3n) is 2.94. The van der Waals surface area contributed by atoms with Crippen molar-refractivity contribution in [3.05, 3.63) is 41.3 Å². The molecule has 0 spiro atoms. The van der Waals surface area contributed by atoms with Crippen LogP contribution in [0.25, 0.3) is 11.3 Å². The van der Waals surface area contributed by atoms with Gasteiger partial charge in [-0.15, -0.1) is 0 Å². The predicted molar refractivity (Wildman–Crippen MR) is 69.6 cm³/mol. The van der Waals surface area contributed by atoms with Crippen LogP contribution in [0.15, 0.2) is 24.3 Å². The van der Waals surface area contributed by atoms with Crippen LogP contribution in [0.4, 0.5) is 17.6 Å². The van der Waals surface area contributed by atoms with E-state index in [0.29, 0.717) is 0 Å². The number of aromatic nitrogens is 2. The Labute approximate surface area is 123 Å². The maximum Gasteiger partial charge on any atom is 0.417 e. The topological polar surface area (TPSA) is 44.1 Å². The zero-order valence-electron chi connectivity index (χ0n) is 11.7. The Morgan fingerprint density at radius 2 is 2.05 bits per heavy atom. The van der Waals surface area contributed by atoms with Gasteiger partial charge in [0.05, 0.1) is 17.9 Å². The van der Waals surface area contributed by atoms with Crippen molar-refractivity contribution < 1.29 is 27.1 Å². The molecule has 0 saturated carbocycles. The van der Waals surface area contributed by atoms with Gasteiger partial charge in [0, 0.05) is 12.6 Å². The van der Waals surface area contributed by atoms with E-state index in [1.54, 1.807) is 6.92 Å². The largest absolute Gasteiger partial charge is 0.461 e. The fourth-order valence-corrected chi connectivity index (χ4v) is 2.03. The number of nitrogens with zero attached hydrogens (tertiary/aromatic N) is 2. The number of benzene rings is 1. The van der Waals surface area contributed by atoms with Gasteiger partial charge in [0.15, 0.2) is 5.69 Å². The number of hydrogen-bond donors (Lipinski definition) is 0. The first-order valence-electron chi connectivity index (χ1n) is 6.33. The molecule has 0 fully saturated rings. The van der Waals surface area contributed by atoms with E-state index in [2.05, 4.69) is 5.10 Å². The van der Waals surface area contributed by atoms with Crippen molar-refractivity contribution in [2.24, 2.45) is 7.05 Å². The van der Waals surface area contributed by atoms with Crippen LogP contribution in [0.5, 0.6) is 0 Å². The van der Waals surface area contributed by atoms with Crippen molar-refractivity contribution in [2.45, 2.75) is 13.1 Å². The Hall–Kier alpha value is -2.38. The fraction of sp³-hybridized carbons (Fsp3) is 0.286. The van der Waals surface area contributed by atoms with E-state index in [0.717, 1.165) is 28.9 Å². The van der Waals surface area contributed by atoms with Crippen molar-refractivity contribution in [1.29, 1.82) is 0 Å². The molecule has 2 aromatic rings. The summed E-state index contributed by atoms with van der Waals surface area (Å²) in [4.78, 5) is 11.6. The van der Waals surface area contributed by atoms with Crippen molar-refractivity contribution in [3.8, 4) is 11.3 Å². The van der Waals surface area contributed by atoms with E-state index in [4.69, 9.17) is 4.74 Å². The van der Waals surface area contributed by atoms with Gasteiger partial charge >= 0.3 is 12.1 Å². The first kappa shape index (κ1) is 16.0. The van der Waals surface area contributed by atoms with E-state index in [1.807, 2.05) is 0 Å². The molecule has 0 N–H and O–H groups in total. The molecule has 0 saturated heterocycles. The second kappa shape index (κ2) is 5.78. The third kappa shape index (κ3) is 2.95. The van der Waals surface area contributed by atoms with E-state index < -0.39 is 29.1 Å². The van der Waals surface area contributed by atoms with Crippen molar-refractivity contribution in [2.75, 3.05) is 6.61 Å². The van der Waals surface area contributed by atoms with Crippen LogP contribution in [0.2, 0.25) is 0 Å². The highest BCUT2D eigenvalue weighted by atomic mass is 19.4. The molecule has 1 heterocycles. The summed E-state index contributed by atoms with van der Waals surface area (Å²) in [7, 11) is 1.32. The number of aryl methyl sites for hydroxylation is 1. The van der Waals surface area contributed by atoms with Crippen LogP contribution in [0, 0.1) is 5.82 Å². The number of rotatable bonds is 3. The highest BCUT2D eigenvalue weighted by molar-refractivity contribution is 5.89. The van der Waals surface area contributed by atoms with Crippen LogP contribution >= 0.6 is 0 Å². The van der Waals surface area contributed by atoms with E-state index in [1.165, 1.54) is 7.05 Å². The van der Waals surface area contributed by atoms with Crippen LogP contribution < -0.4 is 0 Å². The minimum atomic E-state index is -4.73. The van der Waals surface area contributed by atoms with Gasteiger partial charge in [-0.05, 0) is 25.1 Å². The molecule has 0 amide bonds. The van der Waals surface area contributed by atoms with Gasteiger partial charge < -0.3 is 4.74 Å². The smallest absolute Gasteiger partial charge is 0.417 e. The summed E-state index contributed by atoms with van der Waals surface area (Å²) in [6.45, 7) is 1.68. The average molecular weight is 316 g/mol. The number of carbonyl (C=O) groups is 1. The SMILES string of the molecule is CCOC(=O)c1cc(-c2c(F)cccc2C(F)(F)F)n(C)n1. The lowest BCUT2D eigenvalue weighted by Gasteiger charge is -2.13. The standard InChI is InChI=1S/C14H12F4N2O2/c1-3-22-13(21)10-7-11(20(2)19-10)12-8(14(16,17)18)5-4-6-9(12)15/h4-7H,3H2,1-2H3. The molecule has 2 rings (SSSR count). The lowest BCUT2D eigenvalue weighted by Crippen LogP contribution is -2.10. The maximum atomic E-state index is 13.9. The second-order valence-corrected chi connectivity index (χ2v) is 4.42. The summed E-state index contributed by atoms with van der Waals surface area (Å²) in [6.07, 6.45) is -4.73. The summed E-state index contributed by atoms with van der Waals surface area (Å²) >= 11 is 0. The molecule has 0 bridgehead atoms. The molecule has 0 radical (unpaired) electrons. The van der Waals surface area contributed by atoms with Gasteiger partial charge in [0.2, 0.25) is 0 Å². The van der Waals surface area contributed by atoms with Crippen molar-refractivity contribution in [3.63, 3.8) is 0 Å². The van der Waals surface area contributed by atoms with Gasteiger partial charge in [0.1, 0.15) is 5.82 Å². The molecule has 22 heavy (non-hydrogen) atoms. The van der Waals surface area contributed by atoms with Crippen LogP contribution in [0.3, 0.4) is 0 Å². The summed E-state index contributed by atoms with van der Waals surface area (Å²) in [5.41, 5.74) is -2.13. The number of carbonyl (C=O) groups excluding carboxylic acids is 1. The zero-order valence-corrected chi connectivity index (χ0v) is 11.7. The molecule has 0 atom stereocenters. The lowest BCUT2D eigenvalue weighted by atomic mass is 10.0. The second-order valence-electron chi connectivity index (χ2n) is 4.42. The molecule has 0 aliphatic rings. The minimum Gasteiger partial charge on any atom is -0.461 e. The highest BCUT2D eigenvalue weighted by Crippen LogP contribution is 2.38. The van der Waals surface area contributed by atoms with E-state index >= 15 is 0 Å². The number of alkyl halides is 3. The number of ether oxygens (including phenoxy) is 1. The first-order valence-corrected chi connectivity index (χ1v) is 6.33. The molecule has 8 heteroatoms. The fourth-order valence-electron chi connectivity index (χ4n) is 2.03. The van der Waals surface area contributed by atoms with Crippen LogP contribution in [-0.2, 0) is 18.0 Å². The number of esters is 1. The molecule has 0 unspecified atom stereocenters. The van der Waals surface area contributed by atoms with E-state index in [9.17, 15) is 22.4 Å². The minimum absolute atomic E-state index is 0.0955. The first-order chi connectivity index (χ1) is 10.3. The lowest BCUT2D eigenvalue weighted by molar-refractivity contribution is -0.137. The van der Waals surface area contributed by atoms with Crippen LogP contribution in [-0.4, -0.2) is 22.4 Å². The molecule has 0 aliphatic heterocycles. The summed E-state index contributed by atoms with van der Waals surface area (Å²) < 4.78 is 58.8. The molecule has 1 aromatic heterocycles. The summed E-state index contributed by atoms with van der Waals surface area (Å²) in [5, 5.41) is 3.78. The van der Waals surface area contributed by atoms with Gasteiger partial charge in [-0.25, -0.2) is 9.18 Å². The molecular formula is C14H12F4N2O2. The third-order valence-corrected chi connectivity index (χ3v) is 2.94. The van der Waals surface area contributed by atoms with E-state index in [-0.39, 0.29) is 18.0 Å². The van der Waals surface area contributed by atoms with Crippen molar-refractivity contribution >= 4 is 5.97 Å². The van der Waals surface area contributed by atoms with Gasteiger partial charge in [-0.1, -0.05) is 6.07 Å². The zero-order chi connectivity index (χ0) is 16.5. The van der Waals surface area contributed by atoms with Crippen LogP contribution in [0.1, 0.15) is 23.0 Å². The summed E-state index contributed by atoms with van der Waals surface area (Å²) in [5.74, 6) is -1.83. The average Bonchev–Trinajstić information content (AvgIpc) is 2.80. The number of hydrogen-bond acceptors (Lipinski definition) is 3. The maximum absolute atomic E-state index is 13.9. The Morgan fingerprint density at radius 3 is 2.64 bits per heavy atom. The van der Waals surface area contributed by atoms with Gasteiger partial charge in [-0.2, -0.15) is 18.3 Å².